The Hall–Kier alpha value is -2.02. The molecule has 0 saturated carbocycles. The van der Waals surface area contributed by atoms with Crippen molar-refractivity contribution < 1.29 is 14.2 Å². The van der Waals surface area contributed by atoms with Crippen molar-refractivity contribution in [3.05, 3.63) is 46.7 Å². The van der Waals surface area contributed by atoms with Crippen LogP contribution in [0.15, 0.2) is 30.3 Å². The fourth-order valence-corrected chi connectivity index (χ4v) is 3.82. The summed E-state index contributed by atoms with van der Waals surface area (Å²) in [5.74, 6) is 0.404. The third-order valence-electron chi connectivity index (χ3n) is 3.78. The zero-order chi connectivity index (χ0) is 17.3. The highest BCUT2D eigenvalue weighted by Crippen LogP contribution is 2.45. The predicted molar refractivity (Wildman–Crippen MR) is 94.7 cm³/mol. The second-order valence-electron chi connectivity index (χ2n) is 5.14. The van der Waals surface area contributed by atoms with E-state index in [1.807, 2.05) is 19.9 Å². The number of aliphatic hydroxyl groups is 1. The smallest absolute Gasteiger partial charge is 0.146 e. The maximum Gasteiger partial charge on any atom is 0.146 e. The molecule has 1 aliphatic rings. The third-order valence-corrected chi connectivity index (χ3v) is 4.97. The Morgan fingerprint density at radius 3 is 2.88 bits per heavy atom. The molecule has 4 nitrogen and oxygen atoms in total. The molecule has 1 atom stereocenters. The molecule has 1 unspecified atom stereocenters. The fraction of sp³-hybridized carbons (Fsp3) is 0.278. The maximum atomic E-state index is 14.0. The highest BCUT2D eigenvalue weighted by atomic mass is 32.1. The van der Waals surface area contributed by atoms with Crippen LogP contribution in [0.25, 0.3) is 21.3 Å². The zero-order valence-electron chi connectivity index (χ0n) is 13.5. The SMILES string of the molecule is CC.NCC(O)c1ccc2c(n1)-c1c(sc3c(F)cccc13)CO2. The number of aliphatic hydroxyl groups excluding tert-OH is 1. The Balaban J connectivity index is 0.000000815. The van der Waals surface area contributed by atoms with Gasteiger partial charge < -0.3 is 15.6 Å². The van der Waals surface area contributed by atoms with E-state index in [-0.39, 0.29) is 12.4 Å². The summed E-state index contributed by atoms with van der Waals surface area (Å²) in [4.78, 5) is 5.45. The normalized spacial score (nSPS) is 13.4. The van der Waals surface area contributed by atoms with Gasteiger partial charge in [-0.1, -0.05) is 26.0 Å². The standard InChI is InChI=1S/C16H13FN2O2S.C2H6/c17-9-3-1-2-8-14-13(22-16(8)9)7-21-12-5-4-10(11(20)6-18)19-15(12)14;1-2/h1-5,11,20H,6-7,18H2;1-2H3. The van der Waals surface area contributed by atoms with Gasteiger partial charge in [0.25, 0.3) is 0 Å². The Labute approximate surface area is 143 Å². The van der Waals surface area contributed by atoms with Gasteiger partial charge >= 0.3 is 0 Å². The number of hydrogen-bond acceptors (Lipinski definition) is 5. The van der Waals surface area contributed by atoms with Gasteiger partial charge in [0.15, 0.2) is 0 Å². The average Bonchev–Trinajstić information content (AvgIpc) is 3.03. The number of benzene rings is 1. The third kappa shape index (κ3) is 2.66. The summed E-state index contributed by atoms with van der Waals surface area (Å²) in [6.07, 6.45) is -0.822. The molecule has 24 heavy (non-hydrogen) atoms. The molecule has 6 heteroatoms. The van der Waals surface area contributed by atoms with Crippen LogP contribution in [0.4, 0.5) is 4.39 Å². The Kier molecular flexibility index (Phi) is 4.80. The van der Waals surface area contributed by atoms with Crippen LogP contribution in [-0.2, 0) is 6.61 Å². The zero-order valence-corrected chi connectivity index (χ0v) is 14.4. The quantitative estimate of drug-likeness (QED) is 0.735. The predicted octanol–water partition coefficient (Wildman–Crippen LogP) is 4.01. The fourth-order valence-electron chi connectivity index (χ4n) is 2.70. The van der Waals surface area contributed by atoms with Crippen LogP contribution >= 0.6 is 11.3 Å². The summed E-state index contributed by atoms with van der Waals surface area (Å²) < 4.78 is 20.3. The number of nitrogens with two attached hydrogens (primary N) is 1. The number of hydrogen-bond donors (Lipinski definition) is 2. The van der Waals surface area contributed by atoms with Crippen molar-refractivity contribution in [1.82, 2.24) is 4.98 Å². The van der Waals surface area contributed by atoms with E-state index in [2.05, 4.69) is 4.98 Å². The molecular weight excluding hydrogens is 327 g/mol. The van der Waals surface area contributed by atoms with Crippen molar-refractivity contribution in [1.29, 1.82) is 0 Å². The van der Waals surface area contributed by atoms with Crippen LogP contribution in [-0.4, -0.2) is 16.6 Å². The molecule has 3 N–H and O–H groups in total. The summed E-state index contributed by atoms with van der Waals surface area (Å²) >= 11 is 1.38. The monoisotopic (exact) mass is 346 g/mol. The van der Waals surface area contributed by atoms with E-state index in [4.69, 9.17) is 10.5 Å². The summed E-state index contributed by atoms with van der Waals surface area (Å²) in [5.41, 5.74) is 7.53. The van der Waals surface area contributed by atoms with Crippen LogP contribution < -0.4 is 10.5 Å². The molecular formula is C18H19FN2O2S. The molecule has 126 valence electrons. The van der Waals surface area contributed by atoms with E-state index >= 15 is 0 Å². The highest BCUT2D eigenvalue weighted by molar-refractivity contribution is 7.19. The summed E-state index contributed by atoms with van der Waals surface area (Å²) in [6, 6.07) is 8.52. The van der Waals surface area contributed by atoms with E-state index in [0.29, 0.717) is 28.4 Å². The molecule has 0 saturated heterocycles. The van der Waals surface area contributed by atoms with Gasteiger partial charge in [-0.05, 0) is 18.2 Å². The summed E-state index contributed by atoms with van der Waals surface area (Å²) in [5, 5.41) is 10.7. The first kappa shape index (κ1) is 16.8. The van der Waals surface area contributed by atoms with Gasteiger partial charge in [0.2, 0.25) is 0 Å². The van der Waals surface area contributed by atoms with Crippen LogP contribution in [0.2, 0.25) is 0 Å². The van der Waals surface area contributed by atoms with Gasteiger partial charge in [-0.15, -0.1) is 11.3 Å². The lowest BCUT2D eigenvalue weighted by Crippen LogP contribution is -2.14. The Bertz CT molecular complexity index is 879. The summed E-state index contributed by atoms with van der Waals surface area (Å²) in [6.45, 7) is 4.50. The first-order chi connectivity index (χ1) is 11.7. The van der Waals surface area contributed by atoms with E-state index < -0.39 is 6.10 Å². The van der Waals surface area contributed by atoms with Crippen molar-refractivity contribution in [3.8, 4) is 17.0 Å². The molecule has 0 fully saturated rings. The number of rotatable bonds is 2. The number of fused-ring (bicyclic) bond motifs is 5. The van der Waals surface area contributed by atoms with E-state index in [0.717, 1.165) is 15.8 Å². The van der Waals surface area contributed by atoms with E-state index in [1.165, 1.54) is 17.4 Å². The van der Waals surface area contributed by atoms with Crippen molar-refractivity contribution in [3.63, 3.8) is 0 Å². The molecule has 1 aliphatic heterocycles. The number of ether oxygens (including phenoxy) is 1. The number of halogens is 1. The first-order valence-electron chi connectivity index (χ1n) is 7.91. The van der Waals surface area contributed by atoms with E-state index in [9.17, 15) is 9.50 Å². The molecule has 3 heterocycles. The van der Waals surface area contributed by atoms with Gasteiger partial charge in [0.1, 0.15) is 30.0 Å². The average molecular weight is 346 g/mol. The van der Waals surface area contributed by atoms with Crippen LogP contribution in [0.3, 0.4) is 0 Å². The minimum Gasteiger partial charge on any atom is -0.486 e. The highest BCUT2D eigenvalue weighted by Gasteiger charge is 2.25. The van der Waals surface area contributed by atoms with Crippen LogP contribution in [0.1, 0.15) is 30.5 Å². The molecule has 0 spiro atoms. The van der Waals surface area contributed by atoms with Gasteiger partial charge in [0, 0.05) is 17.5 Å². The van der Waals surface area contributed by atoms with Gasteiger partial charge in [0.05, 0.1) is 15.3 Å². The van der Waals surface area contributed by atoms with Crippen molar-refractivity contribution in [2.45, 2.75) is 26.6 Å². The Morgan fingerprint density at radius 1 is 1.33 bits per heavy atom. The topological polar surface area (TPSA) is 68.4 Å². The van der Waals surface area contributed by atoms with Crippen LogP contribution in [0.5, 0.6) is 5.75 Å². The van der Waals surface area contributed by atoms with E-state index in [1.54, 1.807) is 18.2 Å². The lowest BCUT2D eigenvalue weighted by molar-refractivity contribution is 0.181. The second-order valence-corrected chi connectivity index (χ2v) is 6.24. The maximum absolute atomic E-state index is 14.0. The van der Waals surface area contributed by atoms with Crippen LogP contribution in [0, 0.1) is 5.82 Å². The number of thiophene rings is 1. The minimum absolute atomic E-state index is 0.0957. The number of aromatic nitrogens is 1. The molecule has 4 rings (SSSR count). The van der Waals surface area contributed by atoms with Gasteiger partial charge in [-0.2, -0.15) is 0 Å². The molecule has 0 bridgehead atoms. The lowest BCUT2D eigenvalue weighted by atomic mass is 10.0. The largest absolute Gasteiger partial charge is 0.486 e. The molecule has 0 aliphatic carbocycles. The molecule has 0 amide bonds. The lowest BCUT2D eigenvalue weighted by Gasteiger charge is -2.19. The summed E-state index contributed by atoms with van der Waals surface area (Å²) in [7, 11) is 0. The molecule has 1 aromatic carbocycles. The Morgan fingerprint density at radius 2 is 2.12 bits per heavy atom. The number of nitrogens with zero attached hydrogens (tertiary/aromatic N) is 1. The molecule has 0 radical (unpaired) electrons. The van der Waals surface area contributed by atoms with Crippen molar-refractivity contribution >= 4 is 21.4 Å². The first-order valence-corrected chi connectivity index (χ1v) is 8.73. The van der Waals surface area contributed by atoms with Gasteiger partial charge in [-0.25, -0.2) is 9.37 Å². The van der Waals surface area contributed by atoms with Gasteiger partial charge in [-0.3, -0.25) is 0 Å². The number of pyridine rings is 1. The second kappa shape index (κ2) is 6.84. The van der Waals surface area contributed by atoms with Crippen molar-refractivity contribution in [2.75, 3.05) is 6.54 Å². The molecule has 2 aromatic heterocycles. The van der Waals surface area contributed by atoms with Crippen molar-refractivity contribution in [2.24, 2.45) is 5.73 Å². The minimum atomic E-state index is -0.822. The molecule has 3 aromatic rings.